The second-order valence-electron chi connectivity index (χ2n) is 12.4. The molecule has 2 aromatic carbocycles. The zero-order valence-electron chi connectivity index (χ0n) is 26.6. The van der Waals surface area contributed by atoms with E-state index in [0.717, 1.165) is 30.9 Å². The molecule has 2 bridgehead atoms. The number of fused-ring (bicyclic) bond motifs is 1. The van der Waals surface area contributed by atoms with Gasteiger partial charge in [-0.3, -0.25) is 14.4 Å². The number of hydrogen-bond acceptors (Lipinski definition) is 7. The van der Waals surface area contributed by atoms with E-state index < -0.39 is 28.7 Å². The zero-order chi connectivity index (χ0) is 31.8. The van der Waals surface area contributed by atoms with Crippen molar-refractivity contribution >= 4 is 46.5 Å². The van der Waals surface area contributed by atoms with E-state index in [-0.39, 0.29) is 41.4 Å². The zero-order valence-corrected chi connectivity index (χ0v) is 27.4. The second-order valence-corrected chi connectivity index (χ2v) is 14.0. The molecular weight excluding hydrogens is 576 g/mol. The fourth-order valence-corrected chi connectivity index (χ4v) is 10.0. The Morgan fingerprint density at radius 2 is 1.61 bits per heavy atom. The van der Waals surface area contributed by atoms with Gasteiger partial charge in [0.2, 0.25) is 17.7 Å². The number of likely N-dealkylation sites (tertiary alicyclic amines) is 1. The number of carbonyl (C=O) groups is 3. The molecule has 0 saturated carbocycles. The van der Waals surface area contributed by atoms with Crippen molar-refractivity contribution in [3.05, 3.63) is 48.5 Å². The van der Waals surface area contributed by atoms with Crippen molar-refractivity contribution in [1.82, 2.24) is 4.90 Å². The van der Waals surface area contributed by atoms with Crippen LogP contribution in [0.25, 0.3) is 0 Å². The minimum Gasteiger partial charge on any atom is -0.494 e. The molecule has 238 valence electrons. The highest BCUT2D eigenvalue weighted by molar-refractivity contribution is 8.02. The Morgan fingerprint density at radius 3 is 2.16 bits per heavy atom. The summed E-state index contributed by atoms with van der Waals surface area (Å²) in [5.41, 5.74) is 2.36. The first-order valence-corrected chi connectivity index (χ1v) is 16.8. The summed E-state index contributed by atoms with van der Waals surface area (Å²) in [5.74, 6) is -1.30. The Hall–Kier alpha value is -3.24. The number of ether oxygens (including phenoxy) is 1. The Bertz CT molecular complexity index is 1350. The van der Waals surface area contributed by atoms with Gasteiger partial charge in [0, 0.05) is 35.4 Å². The number of carbonyl (C=O) groups excluding carboxylic acids is 3. The molecule has 3 saturated heterocycles. The minimum atomic E-state index is -0.824. The summed E-state index contributed by atoms with van der Waals surface area (Å²) in [7, 11) is 0. The van der Waals surface area contributed by atoms with Crippen molar-refractivity contribution in [2.75, 3.05) is 41.8 Å². The van der Waals surface area contributed by atoms with Gasteiger partial charge in [-0.05, 0) is 87.6 Å². The maximum absolute atomic E-state index is 14.5. The molecule has 0 aliphatic carbocycles. The number of hydrogen-bond donors (Lipinski definition) is 3. The number of anilines is 3. The average Bonchev–Trinajstić information content (AvgIpc) is 3.59. The molecule has 5 rings (SSSR count). The number of nitrogens with zero attached hydrogens (tertiary/aromatic N) is 2. The lowest BCUT2D eigenvalue weighted by molar-refractivity contribution is -0.142. The summed E-state index contributed by atoms with van der Waals surface area (Å²) in [5, 5.41) is 16.6. The van der Waals surface area contributed by atoms with Gasteiger partial charge < -0.3 is 30.3 Å². The van der Waals surface area contributed by atoms with Crippen LogP contribution in [-0.2, 0) is 14.4 Å². The van der Waals surface area contributed by atoms with E-state index in [1.54, 1.807) is 28.8 Å². The van der Waals surface area contributed by atoms with E-state index in [0.29, 0.717) is 18.0 Å². The minimum absolute atomic E-state index is 0.0262. The van der Waals surface area contributed by atoms with Crippen LogP contribution in [0.3, 0.4) is 0 Å². The number of benzene rings is 2. The van der Waals surface area contributed by atoms with Crippen LogP contribution in [0.2, 0.25) is 0 Å². The van der Waals surface area contributed by atoms with E-state index in [2.05, 4.69) is 36.3 Å². The molecule has 3 N–H and O–H groups in total. The predicted octanol–water partition coefficient (Wildman–Crippen LogP) is 4.86. The van der Waals surface area contributed by atoms with Crippen molar-refractivity contribution in [1.29, 1.82) is 0 Å². The number of thioether (sulfide) groups is 1. The van der Waals surface area contributed by atoms with Gasteiger partial charge in [0.25, 0.3) is 0 Å². The normalized spacial score (nSPS) is 27.8. The second kappa shape index (κ2) is 13.0. The standard InChI is InChI=1S/C34H46N4O5S/c1-7-37(8-2)24-14-10-22(11-15-24)36-32(41)30-34-21(6)18-27(44-34)28(29(34)33(42)38(30)26(19-39)20(4)5)31(40)35-23-12-16-25(17-13-23)43-9-3/h10-17,20-21,26-30,39H,7-9,18-19H2,1-6H3,(H,35,40)(H,36,41)/t21?,26-,27+,28-,29-,30?,34?/m0/s1. The van der Waals surface area contributed by atoms with Crippen molar-refractivity contribution in [3.63, 3.8) is 0 Å². The summed E-state index contributed by atoms with van der Waals surface area (Å²) in [6, 6.07) is 13.6. The van der Waals surface area contributed by atoms with Crippen LogP contribution in [0.4, 0.5) is 17.1 Å². The highest BCUT2D eigenvalue weighted by Crippen LogP contribution is 2.69. The molecule has 3 aliphatic rings. The molecule has 3 aliphatic heterocycles. The largest absolute Gasteiger partial charge is 0.494 e. The van der Waals surface area contributed by atoms with Crippen LogP contribution >= 0.6 is 11.8 Å². The van der Waals surface area contributed by atoms with Gasteiger partial charge in [-0.15, -0.1) is 11.8 Å². The topological polar surface area (TPSA) is 111 Å². The maximum atomic E-state index is 14.5. The number of amides is 3. The molecule has 2 aromatic rings. The fraction of sp³-hybridized carbons (Fsp3) is 0.559. The molecule has 3 unspecified atom stereocenters. The van der Waals surface area contributed by atoms with Crippen LogP contribution in [0.15, 0.2) is 48.5 Å². The molecule has 3 amide bonds. The molecule has 3 fully saturated rings. The molecule has 0 radical (unpaired) electrons. The van der Waals surface area contributed by atoms with E-state index in [9.17, 15) is 19.5 Å². The first-order chi connectivity index (χ1) is 21.1. The average molecular weight is 623 g/mol. The maximum Gasteiger partial charge on any atom is 0.248 e. The third kappa shape index (κ3) is 5.44. The van der Waals surface area contributed by atoms with Gasteiger partial charge >= 0.3 is 0 Å². The van der Waals surface area contributed by atoms with Crippen LogP contribution < -0.4 is 20.3 Å². The molecule has 0 aromatic heterocycles. The van der Waals surface area contributed by atoms with E-state index in [1.165, 1.54) is 0 Å². The molecule has 44 heavy (non-hydrogen) atoms. The van der Waals surface area contributed by atoms with Gasteiger partial charge in [-0.2, -0.15) is 0 Å². The van der Waals surface area contributed by atoms with Gasteiger partial charge in [0.1, 0.15) is 11.8 Å². The highest BCUT2D eigenvalue weighted by Gasteiger charge is 2.76. The molecule has 7 atom stereocenters. The fourth-order valence-electron chi connectivity index (χ4n) is 7.62. The van der Waals surface area contributed by atoms with Crippen molar-refractivity contribution < 1.29 is 24.2 Å². The number of aliphatic hydroxyl groups is 1. The SMILES string of the molecule is CCOc1ccc(NC(=O)[C@@H]2[C@H]3C(=O)N([C@@H](CO)C(C)C)C(C(=O)Nc4ccc(N(CC)CC)cc4)C34S[C@@H]2CC4C)cc1. The number of nitrogens with one attached hydrogen (secondary N) is 2. The van der Waals surface area contributed by atoms with Crippen molar-refractivity contribution in [2.45, 2.75) is 70.0 Å². The Morgan fingerprint density at radius 1 is 1.02 bits per heavy atom. The molecule has 9 nitrogen and oxygen atoms in total. The van der Waals surface area contributed by atoms with Crippen molar-refractivity contribution in [2.24, 2.45) is 23.7 Å². The Balaban J connectivity index is 1.47. The predicted molar refractivity (Wildman–Crippen MR) is 176 cm³/mol. The van der Waals surface area contributed by atoms with Gasteiger partial charge in [-0.1, -0.05) is 20.8 Å². The van der Waals surface area contributed by atoms with Crippen LogP contribution in [0, 0.1) is 23.7 Å². The quantitative estimate of drug-likeness (QED) is 0.310. The third-order valence-corrected chi connectivity index (χ3v) is 11.8. The van der Waals surface area contributed by atoms with Crippen LogP contribution in [-0.4, -0.2) is 76.1 Å². The number of rotatable bonds is 12. The molecule has 1 spiro atoms. The van der Waals surface area contributed by atoms with Gasteiger partial charge in [-0.25, -0.2) is 0 Å². The van der Waals surface area contributed by atoms with E-state index in [1.807, 2.05) is 57.2 Å². The summed E-state index contributed by atoms with van der Waals surface area (Å²) in [6.45, 7) is 14.2. The van der Waals surface area contributed by atoms with E-state index in [4.69, 9.17) is 4.74 Å². The molecule has 3 heterocycles. The Labute approximate surface area is 265 Å². The van der Waals surface area contributed by atoms with Crippen LogP contribution in [0.1, 0.15) is 48.0 Å². The lowest BCUT2D eigenvalue weighted by Crippen LogP contribution is -2.57. The summed E-state index contributed by atoms with van der Waals surface area (Å²) in [4.78, 5) is 46.6. The third-order valence-electron chi connectivity index (χ3n) is 9.74. The first-order valence-electron chi connectivity index (χ1n) is 15.9. The molecule has 10 heteroatoms. The van der Waals surface area contributed by atoms with E-state index >= 15 is 0 Å². The highest BCUT2D eigenvalue weighted by atomic mass is 32.2. The van der Waals surface area contributed by atoms with Crippen molar-refractivity contribution in [3.8, 4) is 5.75 Å². The molecular formula is C34H46N4O5S. The van der Waals surface area contributed by atoms with Gasteiger partial charge in [0.15, 0.2) is 0 Å². The summed E-state index contributed by atoms with van der Waals surface area (Å²) in [6.07, 6.45) is 0.734. The lowest BCUT2D eigenvalue weighted by Gasteiger charge is -2.40. The van der Waals surface area contributed by atoms with Crippen LogP contribution in [0.5, 0.6) is 5.75 Å². The smallest absolute Gasteiger partial charge is 0.248 e. The monoisotopic (exact) mass is 622 g/mol. The van der Waals surface area contributed by atoms with Gasteiger partial charge in [0.05, 0.1) is 35.8 Å². The number of aliphatic hydroxyl groups excluding tert-OH is 1. The first kappa shape index (κ1) is 32.2. The Kier molecular flexibility index (Phi) is 9.51. The lowest BCUT2D eigenvalue weighted by atomic mass is 9.66. The summed E-state index contributed by atoms with van der Waals surface area (Å²) < 4.78 is 4.75. The summed E-state index contributed by atoms with van der Waals surface area (Å²) >= 11 is 1.63.